The Hall–Kier alpha value is -2.50. The summed E-state index contributed by atoms with van der Waals surface area (Å²) >= 11 is 0. The lowest BCUT2D eigenvalue weighted by Gasteiger charge is -2.10. The summed E-state index contributed by atoms with van der Waals surface area (Å²) in [5.41, 5.74) is 1.23. The fourth-order valence-corrected chi connectivity index (χ4v) is 1.63. The molecule has 0 fully saturated rings. The van der Waals surface area contributed by atoms with Crippen molar-refractivity contribution in [2.45, 2.75) is 32.9 Å². The number of carbonyl (C=O) groups is 1. The number of rotatable bonds is 6. The largest absolute Gasteiger partial charge is 0.363 e. The summed E-state index contributed by atoms with van der Waals surface area (Å²) in [7, 11) is 0. The van der Waals surface area contributed by atoms with E-state index in [1.165, 1.54) is 0 Å². The molecule has 6 nitrogen and oxygen atoms in total. The predicted octanol–water partition coefficient (Wildman–Crippen LogP) is 2.01. The first kappa shape index (κ1) is 14.9. The summed E-state index contributed by atoms with van der Waals surface area (Å²) in [5.74, 6) is 0.411. The summed E-state index contributed by atoms with van der Waals surface area (Å²) in [5, 5.41) is 13.9. The van der Waals surface area contributed by atoms with Gasteiger partial charge in [-0.3, -0.25) is 9.78 Å². The lowest BCUT2D eigenvalue weighted by molar-refractivity contribution is 0.0933. The number of amides is 1. The zero-order valence-corrected chi connectivity index (χ0v) is 12.2. The van der Waals surface area contributed by atoms with E-state index in [9.17, 15) is 4.79 Å². The van der Waals surface area contributed by atoms with Crippen LogP contribution >= 0.6 is 0 Å². The highest BCUT2D eigenvalue weighted by Gasteiger charge is 2.10. The first-order valence-electron chi connectivity index (χ1n) is 6.97. The molecule has 1 amide bonds. The topological polar surface area (TPSA) is 79.8 Å². The zero-order valence-electron chi connectivity index (χ0n) is 12.2. The molecule has 21 heavy (non-hydrogen) atoms. The maximum Gasteiger partial charge on any atom is 0.272 e. The normalized spacial score (nSPS) is 11.7. The van der Waals surface area contributed by atoms with Crippen molar-refractivity contribution in [2.24, 2.45) is 0 Å². The molecule has 0 saturated heterocycles. The molecule has 0 spiro atoms. The second kappa shape index (κ2) is 7.33. The molecule has 2 aromatic heterocycles. The highest BCUT2D eigenvalue weighted by Crippen LogP contribution is 2.05. The minimum atomic E-state index is -0.201. The molecule has 2 N–H and O–H groups in total. The van der Waals surface area contributed by atoms with Gasteiger partial charge in [0.1, 0.15) is 5.82 Å². The van der Waals surface area contributed by atoms with Crippen LogP contribution in [0.25, 0.3) is 0 Å². The molecular weight excluding hydrogens is 266 g/mol. The fourth-order valence-electron chi connectivity index (χ4n) is 1.63. The molecule has 2 rings (SSSR count). The Balaban J connectivity index is 1.91. The molecule has 2 heterocycles. The molecule has 110 valence electrons. The van der Waals surface area contributed by atoms with Gasteiger partial charge in [0, 0.05) is 12.2 Å². The number of hydrogen-bond donors (Lipinski definition) is 2. The second-order valence-electron chi connectivity index (χ2n) is 4.76. The van der Waals surface area contributed by atoms with Gasteiger partial charge in [0.05, 0.1) is 12.2 Å². The Kier molecular flexibility index (Phi) is 5.20. The van der Waals surface area contributed by atoms with Gasteiger partial charge in [-0.15, -0.1) is 10.2 Å². The van der Waals surface area contributed by atoms with E-state index < -0.39 is 0 Å². The third-order valence-electron chi connectivity index (χ3n) is 3.06. The average Bonchev–Trinajstić information content (AvgIpc) is 2.54. The van der Waals surface area contributed by atoms with Crippen LogP contribution in [0.15, 0.2) is 36.5 Å². The van der Waals surface area contributed by atoms with Crippen LogP contribution in [0.3, 0.4) is 0 Å². The lowest BCUT2D eigenvalue weighted by Crippen LogP contribution is -2.32. The highest BCUT2D eigenvalue weighted by atomic mass is 16.2. The van der Waals surface area contributed by atoms with E-state index in [1.54, 1.807) is 18.3 Å². The van der Waals surface area contributed by atoms with Crippen LogP contribution in [0.1, 0.15) is 36.5 Å². The van der Waals surface area contributed by atoms with Gasteiger partial charge in [-0.05, 0) is 37.6 Å². The minimum Gasteiger partial charge on any atom is -0.363 e. The summed E-state index contributed by atoms with van der Waals surface area (Å²) in [4.78, 5) is 16.1. The van der Waals surface area contributed by atoms with Gasteiger partial charge in [-0.25, -0.2) is 0 Å². The quantitative estimate of drug-likeness (QED) is 0.848. The first-order valence-corrected chi connectivity index (χ1v) is 6.97. The van der Waals surface area contributed by atoms with E-state index in [0.29, 0.717) is 18.1 Å². The van der Waals surface area contributed by atoms with Crippen LogP contribution in [0.2, 0.25) is 0 Å². The third kappa shape index (κ3) is 4.52. The van der Waals surface area contributed by atoms with Crippen molar-refractivity contribution >= 4 is 11.7 Å². The first-order chi connectivity index (χ1) is 10.2. The van der Waals surface area contributed by atoms with E-state index in [2.05, 4.69) is 25.8 Å². The number of nitrogens with one attached hydrogen (secondary N) is 2. The van der Waals surface area contributed by atoms with Crippen molar-refractivity contribution < 1.29 is 4.79 Å². The van der Waals surface area contributed by atoms with E-state index in [4.69, 9.17) is 0 Å². The van der Waals surface area contributed by atoms with Gasteiger partial charge in [-0.2, -0.15) is 0 Å². The van der Waals surface area contributed by atoms with Crippen molar-refractivity contribution in [2.75, 3.05) is 5.32 Å². The number of pyridine rings is 1. The van der Waals surface area contributed by atoms with Crippen LogP contribution in [-0.4, -0.2) is 27.1 Å². The predicted molar refractivity (Wildman–Crippen MR) is 80.8 cm³/mol. The number of carbonyl (C=O) groups excluding carboxylic acids is 1. The molecule has 0 aliphatic carbocycles. The number of hydrogen-bond acceptors (Lipinski definition) is 5. The molecule has 1 atom stereocenters. The van der Waals surface area contributed by atoms with E-state index >= 15 is 0 Å². The zero-order chi connectivity index (χ0) is 15.1. The van der Waals surface area contributed by atoms with E-state index in [0.717, 1.165) is 12.1 Å². The highest BCUT2D eigenvalue weighted by molar-refractivity contribution is 5.92. The maximum absolute atomic E-state index is 11.9. The Morgan fingerprint density at radius 1 is 1.24 bits per heavy atom. The Bertz CT molecular complexity index is 570. The lowest BCUT2D eigenvalue weighted by atomic mass is 10.2. The van der Waals surface area contributed by atoms with Crippen LogP contribution in [0, 0.1) is 0 Å². The SMILES string of the molecule is CCC(C)NC(=O)c1ccc(NCc2ccccn2)nn1. The summed E-state index contributed by atoms with van der Waals surface area (Å²) < 4.78 is 0. The Morgan fingerprint density at radius 2 is 2.10 bits per heavy atom. The van der Waals surface area contributed by atoms with Crippen molar-refractivity contribution in [1.82, 2.24) is 20.5 Å². The van der Waals surface area contributed by atoms with Crippen LogP contribution < -0.4 is 10.6 Å². The summed E-state index contributed by atoms with van der Waals surface area (Å²) in [6.45, 7) is 4.53. The standard InChI is InChI=1S/C15H19N5O/c1-3-11(2)18-15(21)13-7-8-14(20-19-13)17-10-12-6-4-5-9-16-12/h4-9,11H,3,10H2,1-2H3,(H,17,20)(H,18,21). The number of nitrogens with zero attached hydrogens (tertiary/aromatic N) is 3. The number of anilines is 1. The summed E-state index contributed by atoms with van der Waals surface area (Å²) in [6, 6.07) is 9.24. The molecule has 0 radical (unpaired) electrons. The van der Waals surface area contributed by atoms with Gasteiger partial charge in [-0.1, -0.05) is 13.0 Å². The fraction of sp³-hybridized carbons (Fsp3) is 0.333. The second-order valence-corrected chi connectivity index (χ2v) is 4.76. The molecule has 6 heteroatoms. The minimum absolute atomic E-state index is 0.126. The van der Waals surface area contributed by atoms with Gasteiger partial charge < -0.3 is 10.6 Å². The molecule has 0 bridgehead atoms. The van der Waals surface area contributed by atoms with Gasteiger partial charge in [0.2, 0.25) is 0 Å². The molecule has 0 saturated carbocycles. The maximum atomic E-state index is 11.9. The van der Waals surface area contributed by atoms with E-state index in [1.807, 2.05) is 32.0 Å². The van der Waals surface area contributed by atoms with Gasteiger partial charge >= 0.3 is 0 Å². The van der Waals surface area contributed by atoms with Crippen LogP contribution in [-0.2, 0) is 6.54 Å². The summed E-state index contributed by atoms with van der Waals surface area (Å²) in [6.07, 6.45) is 2.62. The van der Waals surface area contributed by atoms with Crippen molar-refractivity contribution in [3.63, 3.8) is 0 Å². The molecule has 0 aromatic carbocycles. The molecular formula is C15H19N5O. The number of aromatic nitrogens is 3. The Morgan fingerprint density at radius 3 is 2.71 bits per heavy atom. The molecule has 2 aromatic rings. The Labute approximate surface area is 124 Å². The third-order valence-corrected chi connectivity index (χ3v) is 3.06. The molecule has 0 aliphatic heterocycles. The molecule has 1 unspecified atom stereocenters. The smallest absolute Gasteiger partial charge is 0.272 e. The monoisotopic (exact) mass is 285 g/mol. The van der Waals surface area contributed by atoms with E-state index in [-0.39, 0.29) is 11.9 Å². The average molecular weight is 285 g/mol. The molecule has 0 aliphatic rings. The van der Waals surface area contributed by atoms with Crippen molar-refractivity contribution in [3.05, 3.63) is 47.9 Å². The van der Waals surface area contributed by atoms with Crippen LogP contribution in [0.4, 0.5) is 5.82 Å². The van der Waals surface area contributed by atoms with Crippen molar-refractivity contribution in [3.8, 4) is 0 Å². The van der Waals surface area contributed by atoms with Crippen LogP contribution in [0.5, 0.6) is 0 Å². The van der Waals surface area contributed by atoms with Gasteiger partial charge in [0.25, 0.3) is 5.91 Å². The van der Waals surface area contributed by atoms with Gasteiger partial charge in [0.15, 0.2) is 5.69 Å². The van der Waals surface area contributed by atoms with Crippen molar-refractivity contribution in [1.29, 1.82) is 0 Å².